The molecule has 40 heavy (non-hydrogen) atoms. The van der Waals surface area contributed by atoms with Gasteiger partial charge >= 0.3 is 5.97 Å². The van der Waals surface area contributed by atoms with Gasteiger partial charge in [0.05, 0.1) is 12.5 Å². The Bertz CT molecular complexity index is 1380. The standard InChI is InChI=1S/C33H32N2O5/c36-29-18-16-26(17-19-29)22-31(37)35-30(21-25-12-6-2-7-13-25)33(39)40-23-28(20-24-10-4-1-5-11-24)34-32(38)27-14-8-3-9-15-27/h1-19,28,30,36H,20-23H2,(H,34,38)(H,35,37)/t28-,30+/m0/s1. The Kier molecular flexibility index (Phi) is 10.0. The fraction of sp³-hybridized carbons (Fsp3) is 0.182. The van der Waals surface area contributed by atoms with Crippen molar-refractivity contribution in [3.8, 4) is 5.75 Å². The van der Waals surface area contributed by atoms with Crippen molar-refractivity contribution < 1.29 is 24.2 Å². The highest BCUT2D eigenvalue weighted by atomic mass is 16.5. The van der Waals surface area contributed by atoms with E-state index in [0.29, 0.717) is 17.5 Å². The molecule has 0 aliphatic carbocycles. The van der Waals surface area contributed by atoms with E-state index in [9.17, 15) is 19.5 Å². The molecule has 0 spiro atoms. The second-order valence-electron chi connectivity index (χ2n) is 9.51. The summed E-state index contributed by atoms with van der Waals surface area (Å²) in [4.78, 5) is 39.0. The zero-order valence-electron chi connectivity index (χ0n) is 22.0. The van der Waals surface area contributed by atoms with Crippen LogP contribution in [0.2, 0.25) is 0 Å². The number of phenolic OH excluding ortho intramolecular Hbond substituents is 1. The summed E-state index contributed by atoms with van der Waals surface area (Å²) in [5.74, 6) is -1.09. The van der Waals surface area contributed by atoms with Crippen LogP contribution in [0.1, 0.15) is 27.0 Å². The number of ether oxygens (including phenoxy) is 1. The van der Waals surface area contributed by atoms with Gasteiger partial charge in [0.2, 0.25) is 5.91 Å². The Balaban J connectivity index is 1.45. The highest BCUT2D eigenvalue weighted by Crippen LogP contribution is 2.12. The number of nitrogens with one attached hydrogen (secondary N) is 2. The van der Waals surface area contributed by atoms with E-state index in [1.54, 1.807) is 36.4 Å². The first kappa shape index (κ1) is 28.1. The third kappa shape index (κ3) is 8.84. The van der Waals surface area contributed by atoms with Crippen LogP contribution in [0, 0.1) is 0 Å². The van der Waals surface area contributed by atoms with Gasteiger partial charge in [-0.2, -0.15) is 0 Å². The Morgan fingerprint density at radius 2 is 1.20 bits per heavy atom. The van der Waals surface area contributed by atoms with E-state index in [2.05, 4.69) is 10.6 Å². The van der Waals surface area contributed by atoms with Crippen molar-refractivity contribution in [1.29, 1.82) is 0 Å². The molecule has 2 amide bonds. The minimum atomic E-state index is -0.922. The average Bonchev–Trinajstić information content (AvgIpc) is 2.98. The lowest BCUT2D eigenvalue weighted by atomic mass is 10.0. The third-order valence-corrected chi connectivity index (χ3v) is 6.33. The molecule has 0 bridgehead atoms. The molecule has 3 N–H and O–H groups in total. The van der Waals surface area contributed by atoms with Crippen molar-refractivity contribution in [2.75, 3.05) is 6.61 Å². The summed E-state index contributed by atoms with van der Waals surface area (Å²) in [6.45, 7) is -0.0641. The van der Waals surface area contributed by atoms with Gasteiger partial charge in [-0.3, -0.25) is 9.59 Å². The second kappa shape index (κ2) is 14.3. The molecule has 4 rings (SSSR count). The molecule has 0 aromatic heterocycles. The van der Waals surface area contributed by atoms with Crippen LogP contribution in [-0.2, 0) is 33.6 Å². The molecular formula is C33H32N2O5. The Labute approximate surface area is 233 Å². The molecule has 0 radical (unpaired) electrons. The van der Waals surface area contributed by atoms with E-state index in [0.717, 1.165) is 11.1 Å². The fourth-order valence-corrected chi connectivity index (χ4v) is 4.28. The Morgan fingerprint density at radius 1 is 0.650 bits per heavy atom. The normalized spacial score (nSPS) is 12.1. The molecular weight excluding hydrogens is 504 g/mol. The van der Waals surface area contributed by atoms with Crippen LogP contribution in [0.5, 0.6) is 5.75 Å². The fourth-order valence-electron chi connectivity index (χ4n) is 4.28. The van der Waals surface area contributed by atoms with Crippen LogP contribution >= 0.6 is 0 Å². The molecule has 4 aromatic rings. The predicted octanol–water partition coefficient (Wildman–Crippen LogP) is 4.25. The van der Waals surface area contributed by atoms with Crippen molar-refractivity contribution >= 4 is 17.8 Å². The number of esters is 1. The van der Waals surface area contributed by atoms with Gasteiger partial charge in [-0.15, -0.1) is 0 Å². The SMILES string of the molecule is O=C(Cc1ccc(O)cc1)N[C@H](Cc1ccccc1)C(=O)OC[C@H](Cc1ccccc1)NC(=O)c1ccccc1. The molecule has 0 unspecified atom stereocenters. The summed E-state index contributed by atoms with van der Waals surface area (Å²) in [5.41, 5.74) is 3.07. The lowest BCUT2D eigenvalue weighted by molar-refractivity contribution is -0.148. The molecule has 0 heterocycles. The van der Waals surface area contributed by atoms with Gasteiger partial charge in [-0.1, -0.05) is 91.0 Å². The summed E-state index contributed by atoms with van der Waals surface area (Å²) in [6, 6.07) is 32.8. The van der Waals surface area contributed by atoms with E-state index in [4.69, 9.17) is 4.74 Å². The van der Waals surface area contributed by atoms with Crippen LogP contribution in [0.25, 0.3) is 0 Å². The molecule has 204 valence electrons. The molecule has 0 aliphatic rings. The molecule has 0 aliphatic heterocycles. The molecule has 2 atom stereocenters. The van der Waals surface area contributed by atoms with Crippen LogP contribution < -0.4 is 10.6 Å². The Morgan fingerprint density at radius 3 is 1.80 bits per heavy atom. The molecule has 0 saturated carbocycles. The van der Waals surface area contributed by atoms with Crippen molar-refractivity contribution in [2.24, 2.45) is 0 Å². The first-order valence-corrected chi connectivity index (χ1v) is 13.1. The van der Waals surface area contributed by atoms with E-state index in [-0.39, 0.29) is 37.0 Å². The first-order valence-electron chi connectivity index (χ1n) is 13.1. The summed E-state index contributed by atoms with van der Waals surface area (Å²) in [7, 11) is 0. The first-order chi connectivity index (χ1) is 19.5. The maximum atomic E-state index is 13.3. The van der Waals surface area contributed by atoms with Crippen LogP contribution in [0.15, 0.2) is 115 Å². The largest absolute Gasteiger partial charge is 0.508 e. The number of carbonyl (C=O) groups excluding carboxylic acids is 3. The summed E-state index contributed by atoms with van der Waals surface area (Å²) < 4.78 is 5.71. The van der Waals surface area contributed by atoms with E-state index < -0.39 is 18.1 Å². The van der Waals surface area contributed by atoms with Gasteiger partial charge in [0.15, 0.2) is 0 Å². The quantitative estimate of drug-likeness (QED) is 0.235. The van der Waals surface area contributed by atoms with Crippen molar-refractivity contribution in [3.63, 3.8) is 0 Å². The number of amides is 2. The van der Waals surface area contributed by atoms with Gasteiger partial charge < -0.3 is 20.5 Å². The zero-order chi connectivity index (χ0) is 28.2. The number of aromatic hydroxyl groups is 1. The topological polar surface area (TPSA) is 105 Å². The number of hydrogen-bond donors (Lipinski definition) is 3. The van der Waals surface area contributed by atoms with E-state index in [1.807, 2.05) is 66.7 Å². The number of hydrogen-bond acceptors (Lipinski definition) is 5. The van der Waals surface area contributed by atoms with Gasteiger partial charge in [-0.25, -0.2) is 4.79 Å². The van der Waals surface area contributed by atoms with Gasteiger partial charge in [0, 0.05) is 12.0 Å². The predicted molar refractivity (Wildman–Crippen MR) is 153 cm³/mol. The average molecular weight is 537 g/mol. The Hall–Kier alpha value is -4.91. The highest BCUT2D eigenvalue weighted by Gasteiger charge is 2.25. The number of rotatable bonds is 12. The molecule has 0 saturated heterocycles. The van der Waals surface area contributed by atoms with E-state index >= 15 is 0 Å². The number of phenols is 1. The maximum absolute atomic E-state index is 13.3. The lowest BCUT2D eigenvalue weighted by Crippen LogP contribution is -2.46. The zero-order valence-corrected chi connectivity index (χ0v) is 22.0. The smallest absolute Gasteiger partial charge is 0.329 e. The van der Waals surface area contributed by atoms with Crippen LogP contribution in [0.3, 0.4) is 0 Å². The summed E-state index contributed by atoms with van der Waals surface area (Å²) in [6.07, 6.45) is 0.757. The summed E-state index contributed by atoms with van der Waals surface area (Å²) in [5, 5.41) is 15.3. The molecule has 0 fully saturated rings. The van der Waals surface area contributed by atoms with Crippen molar-refractivity contribution in [2.45, 2.75) is 31.3 Å². The second-order valence-corrected chi connectivity index (χ2v) is 9.51. The minimum Gasteiger partial charge on any atom is -0.508 e. The van der Waals surface area contributed by atoms with Crippen molar-refractivity contribution in [1.82, 2.24) is 10.6 Å². The minimum absolute atomic E-state index is 0.0443. The molecule has 7 nitrogen and oxygen atoms in total. The van der Waals surface area contributed by atoms with Crippen LogP contribution in [0.4, 0.5) is 0 Å². The van der Waals surface area contributed by atoms with Gasteiger partial charge in [-0.05, 0) is 47.4 Å². The lowest BCUT2D eigenvalue weighted by Gasteiger charge is -2.22. The highest BCUT2D eigenvalue weighted by molar-refractivity contribution is 5.94. The van der Waals surface area contributed by atoms with Gasteiger partial charge in [0.1, 0.15) is 18.4 Å². The maximum Gasteiger partial charge on any atom is 0.329 e. The van der Waals surface area contributed by atoms with Crippen LogP contribution in [-0.4, -0.2) is 41.6 Å². The number of benzene rings is 4. The summed E-state index contributed by atoms with van der Waals surface area (Å²) >= 11 is 0. The molecule has 7 heteroatoms. The molecule has 4 aromatic carbocycles. The third-order valence-electron chi connectivity index (χ3n) is 6.33. The van der Waals surface area contributed by atoms with E-state index in [1.165, 1.54) is 12.1 Å². The number of carbonyl (C=O) groups is 3. The van der Waals surface area contributed by atoms with Gasteiger partial charge in [0.25, 0.3) is 5.91 Å². The van der Waals surface area contributed by atoms with Crippen molar-refractivity contribution in [3.05, 3.63) is 138 Å². The monoisotopic (exact) mass is 536 g/mol.